The van der Waals surface area contributed by atoms with Crippen molar-refractivity contribution in [1.29, 1.82) is 0 Å². The summed E-state index contributed by atoms with van der Waals surface area (Å²) < 4.78 is 22.4. The zero-order valence-corrected chi connectivity index (χ0v) is 12.4. The number of rotatable bonds is 8. The second-order valence-corrected chi connectivity index (χ2v) is 7.21. The molecule has 0 spiro atoms. The van der Waals surface area contributed by atoms with E-state index in [0.717, 1.165) is 5.56 Å². The largest absolute Gasteiger partial charge is 0.396 e. The van der Waals surface area contributed by atoms with Gasteiger partial charge in [-0.15, -0.1) is 0 Å². The molecule has 2 N–H and O–H groups in total. The van der Waals surface area contributed by atoms with Crippen LogP contribution in [0, 0.1) is 0 Å². The zero-order valence-electron chi connectivity index (χ0n) is 11.5. The highest BCUT2D eigenvalue weighted by Gasteiger charge is 2.14. The van der Waals surface area contributed by atoms with Crippen molar-refractivity contribution < 1.29 is 13.5 Å². The molecule has 0 fully saturated rings. The van der Waals surface area contributed by atoms with Gasteiger partial charge in [0.05, 0.1) is 5.75 Å². The van der Waals surface area contributed by atoms with E-state index in [0.29, 0.717) is 13.0 Å². The van der Waals surface area contributed by atoms with E-state index in [1.807, 2.05) is 37.3 Å². The van der Waals surface area contributed by atoms with Crippen LogP contribution in [0.5, 0.6) is 0 Å². The van der Waals surface area contributed by atoms with Gasteiger partial charge in [-0.3, -0.25) is 0 Å². The molecule has 1 aromatic rings. The molecular formula is C14H23NO3S. The zero-order chi connectivity index (χ0) is 14.3. The third-order valence-electron chi connectivity index (χ3n) is 3.01. The van der Waals surface area contributed by atoms with Crippen molar-refractivity contribution in [2.24, 2.45) is 0 Å². The van der Waals surface area contributed by atoms with Crippen molar-refractivity contribution in [3.63, 3.8) is 0 Å². The Morgan fingerprint density at radius 3 is 2.42 bits per heavy atom. The second kappa shape index (κ2) is 7.62. The molecule has 1 aromatic carbocycles. The minimum Gasteiger partial charge on any atom is -0.396 e. The molecular weight excluding hydrogens is 262 g/mol. The fourth-order valence-electron chi connectivity index (χ4n) is 2.12. The van der Waals surface area contributed by atoms with Crippen LogP contribution in [0.3, 0.4) is 0 Å². The molecule has 2 atom stereocenters. The number of aliphatic hydroxyl groups excluding tert-OH is 1. The van der Waals surface area contributed by atoms with Crippen LogP contribution in [0.4, 0.5) is 0 Å². The number of aliphatic hydroxyl groups is 1. The third kappa shape index (κ3) is 6.71. The Hall–Kier alpha value is -0.910. The highest BCUT2D eigenvalue weighted by molar-refractivity contribution is 7.90. The van der Waals surface area contributed by atoms with Gasteiger partial charge in [-0.25, -0.2) is 8.42 Å². The molecule has 1 rings (SSSR count). The average molecular weight is 285 g/mol. The molecule has 0 aliphatic heterocycles. The van der Waals surface area contributed by atoms with Crippen LogP contribution < -0.4 is 5.32 Å². The smallest absolute Gasteiger partial charge is 0.148 e. The lowest BCUT2D eigenvalue weighted by Crippen LogP contribution is -2.35. The molecule has 0 aliphatic carbocycles. The van der Waals surface area contributed by atoms with Gasteiger partial charge < -0.3 is 10.4 Å². The average Bonchev–Trinajstić information content (AvgIpc) is 2.33. The Balaban J connectivity index is 2.56. The van der Waals surface area contributed by atoms with Crippen LogP contribution in [0.25, 0.3) is 0 Å². The lowest BCUT2D eigenvalue weighted by Gasteiger charge is -2.20. The van der Waals surface area contributed by atoms with Crippen molar-refractivity contribution >= 4 is 9.84 Å². The Morgan fingerprint density at radius 1 is 1.26 bits per heavy atom. The Morgan fingerprint density at radius 2 is 1.89 bits per heavy atom. The lowest BCUT2D eigenvalue weighted by molar-refractivity contribution is 0.272. The summed E-state index contributed by atoms with van der Waals surface area (Å²) in [5.41, 5.74) is 1.16. The first-order valence-electron chi connectivity index (χ1n) is 6.49. The van der Waals surface area contributed by atoms with Crippen molar-refractivity contribution in [3.05, 3.63) is 35.9 Å². The fourth-order valence-corrected chi connectivity index (χ4v) is 3.15. The molecule has 4 nitrogen and oxygen atoms in total. The van der Waals surface area contributed by atoms with Gasteiger partial charge in [0.2, 0.25) is 0 Å². The lowest BCUT2D eigenvalue weighted by atomic mass is 9.96. The van der Waals surface area contributed by atoms with Gasteiger partial charge in [-0.05, 0) is 24.8 Å². The number of benzene rings is 1. The number of nitrogens with one attached hydrogen (secondary N) is 1. The molecule has 0 radical (unpaired) electrons. The maximum atomic E-state index is 11.2. The van der Waals surface area contributed by atoms with E-state index in [1.54, 1.807) is 0 Å². The van der Waals surface area contributed by atoms with E-state index in [2.05, 4.69) is 5.32 Å². The number of hydrogen-bond donors (Lipinski definition) is 2. The Bertz CT molecular complexity index is 459. The van der Waals surface area contributed by atoms with Crippen LogP contribution in [0.1, 0.15) is 24.8 Å². The highest BCUT2D eigenvalue weighted by Crippen LogP contribution is 2.18. The minimum absolute atomic E-state index is 0.0834. The highest BCUT2D eigenvalue weighted by atomic mass is 32.2. The third-order valence-corrected chi connectivity index (χ3v) is 4.12. The summed E-state index contributed by atoms with van der Waals surface area (Å²) in [7, 11) is -2.96. The molecule has 108 valence electrons. The predicted molar refractivity (Wildman–Crippen MR) is 78.1 cm³/mol. The van der Waals surface area contributed by atoms with Gasteiger partial charge in [-0.1, -0.05) is 30.3 Å². The maximum Gasteiger partial charge on any atom is 0.148 e. The maximum absolute atomic E-state index is 11.2. The Labute approximate surface area is 115 Å². The minimum atomic E-state index is -2.96. The molecule has 0 saturated carbocycles. The summed E-state index contributed by atoms with van der Waals surface area (Å²) in [6, 6.07) is 9.88. The molecule has 0 saturated heterocycles. The number of sulfone groups is 1. The summed E-state index contributed by atoms with van der Waals surface area (Å²) in [6.07, 6.45) is 1.91. The fraction of sp³-hybridized carbons (Fsp3) is 0.571. The van der Waals surface area contributed by atoms with Crippen LogP contribution >= 0.6 is 0 Å². The summed E-state index contributed by atoms with van der Waals surface area (Å²) in [4.78, 5) is 0. The summed E-state index contributed by atoms with van der Waals surface area (Å²) in [5.74, 6) is 0.335. The van der Waals surface area contributed by atoms with Gasteiger partial charge in [0.25, 0.3) is 0 Å². The second-order valence-electron chi connectivity index (χ2n) is 5.02. The normalized spacial score (nSPS) is 15.1. The van der Waals surface area contributed by atoms with Crippen LogP contribution in [0.15, 0.2) is 30.3 Å². The first kappa shape index (κ1) is 16.1. The van der Waals surface area contributed by atoms with E-state index >= 15 is 0 Å². The summed E-state index contributed by atoms with van der Waals surface area (Å²) in [5, 5.41) is 12.4. The first-order valence-corrected chi connectivity index (χ1v) is 8.55. The van der Waals surface area contributed by atoms with Crippen LogP contribution in [0.2, 0.25) is 0 Å². The standard InChI is InChI=1S/C14H23NO3S/c1-12(11-19(2,17)18)15-10-14(8-9-16)13-6-4-3-5-7-13/h3-7,12,14-16H,8-11H2,1-2H3. The molecule has 0 aromatic heterocycles. The van der Waals surface area contributed by atoms with E-state index < -0.39 is 9.84 Å². The van der Waals surface area contributed by atoms with E-state index in [-0.39, 0.29) is 24.3 Å². The SMILES string of the molecule is CC(CS(C)(=O)=O)NCC(CCO)c1ccccc1. The van der Waals surface area contributed by atoms with Crippen LogP contribution in [-0.2, 0) is 9.84 Å². The quantitative estimate of drug-likeness (QED) is 0.752. The molecule has 0 amide bonds. The van der Waals surface area contributed by atoms with Crippen molar-refractivity contribution in [2.45, 2.75) is 25.3 Å². The predicted octanol–water partition coefficient (Wildman–Crippen LogP) is 1.18. The van der Waals surface area contributed by atoms with Crippen molar-refractivity contribution in [2.75, 3.05) is 25.2 Å². The molecule has 19 heavy (non-hydrogen) atoms. The van der Waals surface area contributed by atoms with E-state index in [4.69, 9.17) is 5.11 Å². The molecule has 5 heteroatoms. The molecule has 2 unspecified atom stereocenters. The molecule has 0 bridgehead atoms. The molecule has 0 aliphatic rings. The monoisotopic (exact) mass is 285 g/mol. The van der Waals surface area contributed by atoms with Crippen molar-refractivity contribution in [1.82, 2.24) is 5.32 Å². The Kier molecular flexibility index (Phi) is 6.48. The van der Waals surface area contributed by atoms with Gasteiger partial charge in [-0.2, -0.15) is 0 Å². The molecule has 0 heterocycles. The summed E-state index contributed by atoms with van der Waals surface area (Å²) >= 11 is 0. The van der Waals surface area contributed by atoms with E-state index in [1.165, 1.54) is 6.26 Å². The van der Waals surface area contributed by atoms with Gasteiger partial charge in [0, 0.05) is 25.4 Å². The van der Waals surface area contributed by atoms with E-state index in [9.17, 15) is 8.42 Å². The topological polar surface area (TPSA) is 66.4 Å². The van der Waals surface area contributed by atoms with Gasteiger partial charge >= 0.3 is 0 Å². The van der Waals surface area contributed by atoms with Crippen LogP contribution in [-0.4, -0.2) is 44.7 Å². The van der Waals surface area contributed by atoms with Crippen molar-refractivity contribution in [3.8, 4) is 0 Å². The van der Waals surface area contributed by atoms with Gasteiger partial charge in [0.1, 0.15) is 9.84 Å². The van der Waals surface area contributed by atoms with Gasteiger partial charge in [0.15, 0.2) is 0 Å². The summed E-state index contributed by atoms with van der Waals surface area (Å²) in [6.45, 7) is 2.66. The first-order chi connectivity index (χ1) is 8.92. The number of hydrogen-bond acceptors (Lipinski definition) is 4.